The van der Waals surface area contributed by atoms with Crippen molar-refractivity contribution in [2.45, 2.75) is 12.6 Å². The number of hydrogen-bond acceptors (Lipinski definition) is 5. The van der Waals surface area contributed by atoms with Gasteiger partial charge in [0, 0.05) is 57.9 Å². The molecule has 2 aliphatic heterocycles. The van der Waals surface area contributed by atoms with Gasteiger partial charge >= 0.3 is 0 Å². The molecule has 4 aromatic carbocycles. The third-order valence-electron chi connectivity index (χ3n) is 8.62. The molecule has 2 aliphatic rings. The number of thiocarbonyl (C=S) groups is 1. The summed E-state index contributed by atoms with van der Waals surface area (Å²) in [5, 5.41) is 3.62. The van der Waals surface area contributed by atoms with Crippen LogP contribution in [0.4, 0.5) is 11.4 Å². The molecule has 0 unspecified atom stereocenters. The summed E-state index contributed by atoms with van der Waals surface area (Å²) in [7, 11) is 0. The Morgan fingerprint density at radius 1 is 0.773 bits per heavy atom. The lowest BCUT2D eigenvalue weighted by atomic mass is 9.96. The van der Waals surface area contributed by atoms with Gasteiger partial charge in [0.15, 0.2) is 5.11 Å². The van der Waals surface area contributed by atoms with Gasteiger partial charge in [-0.1, -0.05) is 91.0 Å². The highest BCUT2D eigenvalue weighted by atomic mass is 32.1. The molecule has 2 saturated heterocycles. The number of piperazine rings is 2. The molecule has 226 valence electrons. The highest BCUT2D eigenvalue weighted by molar-refractivity contribution is 7.80. The Labute approximate surface area is 265 Å². The average molecular weight is 605 g/mol. The fourth-order valence-electron chi connectivity index (χ4n) is 6.34. The van der Waals surface area contributed by atoms with Crippen LogP contribution in [0.1, 0.15) is 33.1 Å². The molecule has 7 nitrogen and oxygen atoms in total. The van der Waals surface area contributed by atoms with Crippen molar-refractivity contribution in [3.63, 3.8) is 0 Å². The maximum atomic E-state index is 13.6. The number of anilines is 2. The van der Waals surface area contributed by atoms with E-state index in [9.17, 15) is 4.79 Å². The van der Waals surface area contributed by atoms with Gasteiger partial charge in [-0.2, -0.15) is 0 Å². The molecule has 2 heterocycles. The molecule has 0 aliphatic carbocycles. The molecule has 0 spiro atoms. The quantitative estimate of drug-likeness (QED) is 0.278. The Balaban J connectivity index is 1.30. The van der Waals surface area contributed by atoms with Crippen molar-refractivity contribution >= 4 is 34.6 Å². The second-order valence-electron chi connectivity index (χ2n) is 11.4. The molecule has 0 bridgehead atoms. The van der Waals surface area contributed by atoms with Crippen LogP contribution in [-0.4, -0.2) is 73.2 Å². The van der Waals surface area contributed by atoms with Crippen LogP contribution < -0.4 is 20.9 Å². The molecule has 2 fully saturated rings. The fourth-order valence-corrected chi connectivity index (χ4v) is 6.51. The van der Waals surface area contributed by atoms with E-state index in [4.69, 9.17) is 18.0 Å². The molecule has 4 aromatic rings. The molecule has 44 heavy (non-hydrogen) atoms. The van der Waals surface area contributed by atoms with Gasteiger partial charge in [-0.05, 0) is 47.1 Å². The molecule has 0 aromatic heterocycles. The first-order valence-corrected chi connectivity index (χ1v) is 15.8. The van der Waals surface area contributed by atoms with E-state index in [0.29, 0.717) is 25.2 Å². The Morgan fingerprint density at radius 2 is 1.34 bits per heavy atom. The predicted molar refractivity (Wildman–Crippen MR) is 183 cm³/mol. The van der Waals surface area contributed by atoms with Crippen LogP contribution in [0.25, 0.3) is 0 Å². The van der Waals surface area contributed by atoms with E-state index in [1.165, 1.54) is 11.1 Å². The van der Waals surface area contributed by atoms with Crippen LogP contribution in [0, 0.1) is 0 Å². The molecule has 0 saturated carbocycles. The average Bonchev–Trinajstić information content (AvgIpc) is 3.09. The van der Waals surface area contributed by atoms with E-state index in [1.54, 1.807) is 0 Å². The normalized spacial score (nSPS) is 15.8. The van der Waals surface area contributed by atoms with Gasteiger partial charge < -0.3 is 25.8 Å². The van der Waals surface area contributed by atoms with Gasteiger partial charge in [-0.15, -0.1) is 0 Å². The number of benzene rings is 4. The maximum absolute atomic E-state index is 13.6. The first-order valence-electron chi connectivity index (χ1n) is 15.4. The molecular weight excluding hydrogens is 565 g/mol. The van der Waals surface area contributed by atoms with E-state index in [0.717, 1.165) is 56.2 Å². The lowest BCUT2D eigenvalue weighted by Crippen LogP contribution is -2.48. The monoisotopic (exact) mass is 604 g/mol. The summed E-state index contributed by atoms with van der Waals surface area (Å²) in [6.07, 6.45) is 0. The summed E-state index contributed by atoms with van der Waals surface area (Å²) in [4.78, 5) is 22.4. The van der Waals surface area contributed by atoms with Gasteiger partial charge in [-0.3, -0.25) is 9.69 Å². The molecule has 3 N–H and O–H groups in total. The summed E-state index contributed by atoms with van der Waals surface area (Å²) in [5.74, 6) is 0.0419. The van der Waals surface area contributed by atoms with Crippen molar-refractivity contribution in [1.82, 2.24) is 15.1 Å². The highest BCUT2D eigenvalue weighted by Crippen LogP contribution is 2.35. The van der Waals surface area contributed by atoms with Gasteiger partial charge in [0.1, 0.15) is 0 Å². The van der Waals surface area contributed by atoms with E-state index in [2.05, 4.69) is 94.0 Å². The van der Waals surface area contributed by atoms with Crippen molar-refractivity contribution in [2.75, 3.05) is 62.2 Å². The van der Waals surface area contributed by atoms with E-state index < -0.39 is 0 Å². The molecule has 8 heteroatoms. The minimum atomic E-state index is 0.0419. The van der Waals surface area contributed by atoms with Crippen molar-refractivity contribution in [2.24, 2.45) is 5.73 Å². The van der Waals surface area contributed by atoms with Gasteiger partial charge in [0.25, 0.3) is 5.91 Å². The standard InChI is InChI=1S/C36H40N6OS/c37-36(44)42(27-28-10-4-1-5-11-28)33-26-31(35(43)41-20-18-38-19-21-41)16-17-32(33)39-22-24-40(25-23-39)34(29-12-6-2-7-13-29)30-14-8-3-9-15-30/h1-17,26,34,38H,18-25,27H2,(H2,37,44). The number of nitrogens with zero attached hydrogens (tertiary/aromatic N) is 4. The maximum Gasteiger partial charge on any atom is 0.254 e. The zero-order valence-corrected chi connectivity index (χ0v) is 25.8. The zero-order valence-electron chi connectivity index (χ0n) is 25.0. The molecule has 6 rings (SSSR count). The second-order valence-corrected chi connectivity index (χ2v) is 11.8. The lowest BCUT2D eigenvalue weighted by molar-refractivity contribution is 0.0736. The molecule has 1 amide bonds. The first-order chi connectivity index (χ1) is 21.6. The summed E-state index contributed by atoms with van der Waals surface area (Å²) in [6, 6.07) is 37.9. The minimum Gasteiger partial charge on any atom is -0.376 e. The highest BCUT2D eigenvalue weighted by Gasteiger charge is 2.29. The van der Waals surface area contributed by atoms with Gasteiger partial charge in [0.05, 0.1) is 24.0 Å². The van der Waals surface area contributed by atoms with Crippen molar-refractivity contribution in [3.8, 4) is 0 Å². The number of nitrogens with one attached hydrogen (secondary N) is 1. The summed E-state index contributed by atoms with van der Waals surface area (Å²) in [5.41, 5.74) is 12.7. The second kappa shape index (κ2) is 14.0. The number of carbonyl (C=O) groups excluding carboxylic acids is 1. The third-order valence-corrected chi connectivity index (χ3v) is 8.84. The summed E-state index contributed by atoms with van der Waals surface area (Å²) in [6.45, 7) is 6.99. The van der Waals surface area contributed by atoms with Crippen molar-refractivity contribution < 1.29 is 4.79 Å². The topological polar surface area (TPSA) is 68.1 Å². The zero-order chi connectivity index (χ0) is 30.3. The van der Waals surface area contributed by atoms with E-state index in [1.807, 2.05) is 40.1 Å². The van der Waals surface area contributed by atoms with Crippen LogP contribution >= 0.6 is 12.2 Å². The summed E-state index contributed by atoms with van der Waals surface area (Å²) >= 11 is 5.63. The third kappa shape index (κ3) is 6.78. The lowest BCUT2D eigenvalue weighted by Gasteiger charge is -2.42. The molecule has 0 atom stereocenters. The largest absolute Gasteiger partial charge is 0.376 e. The minimum absolute atomic E-state index is 0.0419. The SMILES string of the molecule is NC(=S)N(Cc1ccccc1)c1cc(C(=O)N2CCNCC2)ccc1N1CCN(C(c2ccccc2)c2ccccc2)CC1. The Kier molecular flexibility index (Phi) is 9.51. The van der Waals surface area contributed by atoms with Crippen molar-refractivity contribution in [1.29, 1.82) is 0 Å². The number of hydrogen-bond donors (Lipinski definition) is 2. The first kappa shape index (κ1) is 29.8. The number of carbonyl (C=O) groups is 1. The molecular formula is C36H40N6OS. The van der Waals surface area contributed by atoms with Crippen LogP contribution in [-0.2, 0) is 6.54 Å². The number of nitrogens with two attached hydrogens (primary N) is 1. The van der Waals surface area contributed by atoms with E-state index >= 15 is 0 Å². The van der Waals surface area contributed by atoms with Crippen molar-refractivity contribution in [3.05, 3.63) is 131 Å². The molecule has 0 radical (unpaired) electrons. The number of rotatable bonds is 8. The summed E-state index contributed by atoms with van der Waals surface area (Å²) < 4.78 is 0. The smallest absolute Gasteiger partial charge is 0.254 e. The Bertz CT molecular complexity index is 1500. The Morgan fingerprint density at radius 3 is 1.91 bits per heavy atom. The van der Waals surface area contributed by atoms with E-state index in [-0.39, 0.29) is 17.1 Å². The van der Waals surface area contributed by atoms with Crippen LogP contribution in [0.5, 0.6) is 0 Å². The Hall–Kier alpha value is -4.24. The fraction of sp³-hybridized carbons (Fsp3) is 0.278. The number of amides is 1. The van der Waals surface area contributed by atoms with Gasteiger partial charge in [0.2, 0.25) is 0 Å². The predicted octanol–water partition coefficient (Wildman–Crippen LogP) is 4.89. The van der Waals surface area contributed by atoms with Crippen LogP contribution in [0.2, 0.25) is 0 Å². The van der Waals surface area contributed by atoms with Gasteiger partial charge in [-0.25, -0.2) is 0 Å². The van der Waals surface area contributed by atoms with Crippen LogP contribution in [0.15, 0.2) is 109 Å². The van der Waals surface area contributed by atoms with Crippen LogP contribution in [0.3, 0.4) is 0 Å².